The monoisotopic (exact) mass is 145 g/mol. The molecule has 0 fully saturated rings. The first-order valence-electron chi connectivity index (χ1n) is 1.80. The fourth-order valence-corrected chi connectivity index (χ4v) is 1.24. The molecule has 0 aliphatic heterocycles. The van der Waals surface area contributed by atoms with E-state index in [0.717, 1.165) is 0 Å². The van der Waals surface area contributed by atoms with E-state index < -0.39 is 0 Å². The van der Waals surface area contributed by atoms with E-state index in [0.29, 0.717) is 14.5 Å². The van der Waals surface area contributed by atoms with E-state index in [1.165, 1.54) is 0 Å². The molecule has 1 rings (SSSR count). The van der Waals surface area contributed by atoms with Crippen LogP contribution in [-0.2, 0) is 0 Å². The van der Waals surface area contributed by atoms with Crippen molar-refractivity contribution in [2.45, 2.75) is 0 Å². The van der Waals surface area contributed by atoms with Gasteiger partial charge in [0.25, 0.3) is 0 Å². The molecule has 0 spiro atoms. The molecule has 0 aliphatic carbocycles. The van der Waals surface area contributed by atoms with Gasteiger partial charge >= 0.3 is 42.6 Å². The van der Waals surface area contributed by atoms with Gasteiger partial charge in [-0.1, -0.05) is 0 Å². The normalized spacial score (nSPS) is 8.00. The van der Waals surface area contributed by atoms with Crippen LogP contribution in [0.4, 0.5) is 0 Å². The maximum atomic E-state index is 2.19. The summed E-state index contributed by atoms with van der Waals surface area (Å²) >= 11 is 0.661. The first kappa shape index (κ1) is 4.04. The summed E-state index contributed by atoms with van der Waals surface area (Å²) < 4.78 is 0. The van der Waals surface area contributed by atoms with Gasteiger partial charge in [-0.05, 0) is 0 Å². The van der Waals surface area contributed by atoms with Crippen molar-refractivity contribution >= 4 is 14.5 Å². The third-order valence-corrected chi connectivity index (χ3v) is 1.86. The molecule has 1 heterocycles. The van der Waals surface area contributed by atoms with E-state index in [4.69, 9.17) is 0 Å². The minimum atomic E-state index is 0.661. The van der Waals surface area contributed by atoms with Crippen LogP contribution in [0, 0.1) is 0 Å². The third kappa shape index (κ3) is 0.925. The molecule has 0 radical (unpaired) electrons. The van der Waals surface area contributed by atoms with Crippen LogP contribution < -0.4 is 0 Å². The fourth-order valence-electron chi connectivity index (χ4n) is 0.291. The SMILES string of the molecule is c1cc[se+]cc1. The van der Waals surface area contributed by atoms with Gasteiger partial charge in [-0.2, -0.15) is 0 Å². The molecule has 0 saturated heterocycles. The van der Waals surface area contributed by atoms with Crippen molar-refractivity contribution in [3.63, 3.8) is 0 Å². The predicted molar refractivity (Wildman–Crippen MR) is 27.8 cm³/mol. The van der Waals surface area contributed by atoms with Crippen LogP contribution in [0.25, 0.3) is 0 Å². The van der Waals surface area contributed by atoms with Crippen LogP contribution in [0.3, 0.4) is 0 Å². The Kier molecular flexibility index (Phi) is 1.42. The average molecular weight is 144 g/mol. The van der Waals surface area contributed by atoms with Gasteiger partial charge in [0.1, 0.15) is 0 Å². The van der Waals surface area contributed by atoms with Crippen LogP contribution >= 0.6 is 0 Å². The van der Waals surface area contributed by atoms with Crippen LogP contribution in [0.5, 0.6) is 0 Å². The van der Waals surface area contributed by atoms with Crippen LogP contribution in [-0.4, -0.2) is 14.5 Å². The molecule has 0 saturated carbocycles. The molecule has 0 amide bonds. The standard InChI is InChI=1S/C5H5Se/c1-2-4-6-5-3-1/h1-5H/q+1. The van der Waals surface area contributed by atoms with Crippen LogP contribution in [0.2, 0.25) is 0 Å². The van der Waals surface area contributed by atoms with Gasteiger partial charge in [0.15, 0.2) is 0 Å². The van der Waals surface area contributed by atoms with Crippen molar-refractivity contribution in [2.24, 2.45) is 0 Å². The zero-order chi connectivity index (χ0) is 4.24. The first-order chi connectivity index (χ1) is 3.00. The van der Waals surface area contributed by atoms with E-state index in [9.17, 15) is 0 Å². The van der Waals surface area contributed by atoms with Crippen molar-refractivity contribution in [1.29, 1.82) is 0 Å². The van der Waals surface area contributed by atoms with Crippen molar-refractivity contribution in [3.8, 4) is 0 Å². The molecule has 1 aromatic heterocycles. The van der Waals surface area contributed by atoms with E-state index in [1.54, 1.807) is 0 Å². The molecule has 0 atom stereocenters. The summed E-state index contributed by atoms with van der Waals surface area (Å²) in [5.41, 5.74) is 0. The zero-order valence-corrected chi connectivity index (χ0v) is 5.01. The molecule has 6 heavy (non-hydrogen) atoms. The van der Waals surface area contributed by atoms with Gasteiger partial charge in [0.2, 0.25) is 0 Å². The van der Waals surface area contributed by atoms with Crippen LogP contribution in [0.15, 0.2) is 28.1 Å². The Hall–Kier alpha value is -0.131. The molecular weight excluding hydrogens is 139 g/mol. The van der Waals surface area contributed by atoms with Crippen molar-refractivity contribution < 1.29 is 0 Å². The van der Waals surface area contributed by atoms with Gasteiger partial charge in [-0.15, -0.1) is 0 Å². The zero-order valence-electron chi connectivity index (χ0n) is 3.29. The summed E-state index contributed by atoms with van der Waals surface area (Å²) in [7, 11) is 0. The molecule has 1 heteroatoms. The van der Waals surface area contributed by atoms with Crippen molar-refractivity contribution in [2.75, 3.05) is 0 Å². The third-order valence-electron chi connectivity index (χ3n) is 0.536. The summed E-state index contributed by atoms with van der Waals surface area (Å²) in [6, 6.07) is 6.21. The molecule has 0 unspecified atom stereocenters. The molecule has 0 aromatic carbocycles. The summed E-state index contributed by atoms with van der Waals surface area (Å²) in [5.74, 6) is 0. The molecular formula is C5H5Se+. The predicted octanol–water partition coefficient (Wildman–Crippen LogP) is 1.02. The van der Waals surface area contributed by atoms with Gasteiger partial charge < -0.3 is 0 Å². The molecule has 30 valence electrons. The van der Waals surface area contributed by atoms with Gasteiger partial charge in [-0.3, -0.25) is 0 Å². The summed E-state index contributed by atoms with van der Waals surface area (Å²) in [6.07, 6.45) is 0. The number of hydrogen-bond acceptors (Lipinski definition) is 0. The van der Waals surface area contributed by atoms with Gasteiger partial charge in [-0.25, -0.2) is 0 Å². The summed E-state index contributed by atoms with van der Waals surface area (Å²) in [4.78, 5) is 4.38. The van der Waals surface area contributed by atoms with E-state index in [-0.39, 0.29) is 0 Å². The Morgan fingerprint density at radius 3 is 1.67 bits per heavy atom. The molecule has 0 N–H and O–H groups in total. The molecule has 0 nitrogen and oxygen atoms in total. The van der Waals surface area contributed by atoms with E-state index >= 15 is 0 Å². The van der Waals surface area contributed by atoms with Crippen molar-refractivity contribution in [1.82, 2.24) is 0 Å². The summed E-state index contributed by atoms with van der Waals surface area (Å²) in [5, 5.41) is 0. The Morgan fingerprint density at radius 2 is 1.50 bits per heavy atom. The van der Waals surface area contributed by atoms with Crippen LogP contribution in [0.1, 0.15) is 0 Å². The Balaban J connectivity index is 3.00. The second kappa shape index (κ2) is 2.12. The Bertz CT molecular complexity index is 75.9. The second-order valence-corrected chi connectivity index (χ2v) is 2.70. The Morgan fingerprint density at radius 1 is 0.833 bits per heavy atom. The first-order valence-corrected chi connectivity index (χ1v) is 3.78. The maximum absolute atomic E-state index is 2.19. The summed E-state index contributed by atoms with van der Waals surface area (Å²) in [6.45, 7) is 0. The van der Waals surface area contributed by atoms with E-state index in [2.05, 4.69) is 22.0 Å². The van der Waals surface area contributed by atoms with E-state index in [1.807, 2.05) is 6.07 Å². The molecule has 0 aliphatic rings. The minimum absolute atomic E-state index is 0.661. The topological polar surface area (TPSA) is 0 Å². The van der Waals surface area contributed by atoms with Gasteiger partial charge in [0.05, 0.1) is 0 Å². The average Bonchev–Trinajstić information content (AvgIpc) is 1.72. The quantitative estimate of drug-likeness (QED) is 0.477. The van der Waals surface area contributed by atoms with Crippen molar-refractivity contribution in [3.05, 3.63) is 28.1 Å². The molecule has 1 aromatic rings. The number of rotatable bonds is 0. The number of hydrogen-bond donors (Lipinski definition) is 0. The Labute approximate surface area is 43.2 Å². The van der Waals surface area contributed by atoms with Gasteiger partial charge in [0, 0.05) is 0 Å². The second-order valence-electron chi connectivity index (χ2n) is 0.986. The molecule has 0 bridgehead atoms. The fraction of sp³-hybridized carbons (Fsp3) is 0.